The van der Waals surface area contributed by atoms with Crippen LogP contribution in [0.5, 0.6) is 0 Å². The Morgan fingerprint density at radius 3 is 2.52 bits per heavy atom. The van der Waals surface area contributed by atoms with E-state index in [1.807, 2.05) is 16.7 Å². The fourth-order valence-electron chi connectivity index (χ4n) is 3.11. The minimum atomic E-state index is -0.0739. The maximum atomic E-state index is 12.1. The van der Waals surface area contributed by atoms with Crippen molar-refractivity contribution < 1.29 is 9.59 Å². The van der Waals surface area contributed by atoms with E-state index in [0.717, 1.165) is 51.9 Å². The molecule has 5 nitrogen and oxygen atoms in total. The van der Waals surface area contributed by atoms with E-state index in [2.05, 4.69) is 0 Å². The zero-order chi connectivity index (χ0) is 14.5. The van der Waals surface area contributed by atoms with Crippen LogP contribution in [0.1, 0.15) is 39.0 Å². The first kappa shape index (κ1) is 18.2. The summed E-state index contributed by atoms with van der Waals surface area (Å²) in [5, 5.41) is 0. The van der Waals surface area contributed by atoms with Crippen molar-refractivity contribution in [1.82, 2.24) is 9.80 Å². The molecule has 1 atom stereocenters. The lowest BCUT2D eigenvalue weighted by Crippen LogP contribution is -2.46. The fraction of sp³-hybridized carbons (Fsp3) is 0.867. The minimum absolute atomic E-state index is 0. The van der Waals surface area contributed by atoms with Gasteiger partial charge in [0.05, 0.1) is 0 Å². The number of piperidine rings is 2. The Balaban J connectivity index is 0.00000220. The van der Waals surface area contributed by atoms with Gasteiger partial charge in [-0.1, -0.05) is 6.92 Å². The van der Waals surface area contributed by atoms with Gasteiger partial charge >= 0.3 is 0 Å². The van der Waals surface area contributed by atoms with Crippen LogP contribution in [0, 0.1) is 11.8 Å². The summed E-state index contributed by atoms with van der Waals surface area (Å²) in [5.74, 6) is 0.969. The number of carbonyl (C=O) groups excluding carboxylic acids is 2. The average Bonchev–Trinajstić information content (AvgIpc) is 2.49. The molecular formula is C15H28ClN3O2. The highest BCUT2D eigenvalue weighted by Crippen LogP contribution is 2.22. The van der Waals surface area contributed by atoms with Crippen molar-refractivity contribution >= 4 is 24.2 Å². The number of hydrogen-bond donors (Lipinski definition) is 1. The molecule has 2 heterocycles. The molecule has 0 aromatic rings. The van der Waals surface area contributed by atoms with Crippen molar-refractivity contribution in [2.75, 3.05) is 32.7 Å². The lowest BCUT2D eigenvalue weighted by atomic mass is 9.94. The van der Waals surface area contributed by atoms with E-state index in [1.54, 1.807) is 0 Å². The molecule has 2 aliphatic heterocycles. The Hall–Kier alpha value is -0.810. The highest BCUT2D eigenvalue weighted by molar-refractivity contribution is 5.85. The first-order valence-corrected chi connectivity index (χ1v) is 7.88. The Morgan fingerprint density at radius 1 is 1.29 bits per heavy atom. The van der Waals surface area contributed by atoms with Crippen molar-refractivity contribution in [3.05, 3.63) is 0 Å². The number of rotatable bonds is 4. The summed E-state index contributed by atoms with van der Waals surface area (Å²) in [6, 6.07) is 0. The molecule has 2 N–H and O–H groups in total. The van der Waals surface area contributed by atoms with Crippen molar-refractivity contribution in [3.8, 4) is 0 Å². The van der Waals surface area contributed by atoms with Gasteiger partial charge in [-0.2, -0.15) is 0 Å². The van der Waals surface area contributed by atoms with Crippen LogP contribution in [0.3, 0.4) is 0 Å². The highest BCUT2D eigenvalue weighted by atomic mass is 35.5. The Labute approximate surface area is 133 Å². The summed E-state index contributed by atoms with van der Waals surface area (Å²) in [4.78, 5) is 27.8. The van der Waals surface area contributed by atoms with Gasteiger partial charge in [-0.25, -0.2) is 0 Å². The van der Waals surface area contributed by atoms with Crippen LogP contribution in [0.2, 0.25) is 0 Å². The monoisotopic (exact) mass is 317 g/mol. The van der Waals surface area contributed by atoms with E-state index in [1.165, 1.54) is 0 Å². The molecule has 21 heavy (non-hydrogen) atoms. The second-order valence-corrected chi connectivity index (χ2v) is 6.20. The SMILES string of the molecule is CC(CN)C(=O)N1CCC(CN2CCCCC2=O)CC1.Cl. The summed E-state index contributed by atoms with van der Waals surface area (Å²) >= 11 is 0. The van der Waals surface area contributed by atoms with E-state index >= 15 is 0 Å². The maximum Gasteiger partial charge on any atom is 0.226 e. The number of amides is 2. The third kappa shape index (κ3) is 4.85. The van der Waals surface area contributed by atoms with Gasteiger partial charge in [0.25, 0.3) is 0 Å². The molecule has 0 aromatic heterocycles. The van der Waals surface area contributed by atoms with Crippen LogP contribution < -0.4 is 5.73 Å². The molecule has 2 fully saturated rings. The van der Waals surface area contributed by atoms with E-state index < -0.39 is 0 Å². The van der Waals surface area contributed by atoms with Crippen molar-refractivity contribution in [2.45, 2.75) is 39.0 Å². The number of nitrogens with zero attached hydrogens (tertiary/aromatic N) is 2. The molecule has 0 bridgehead atoms. The predicted molar refractivity (Wildman–Crippen MR) is 85.2 cm³/mol. The fourth-order valence-corrected chi connectivity index (χ4v) is 3.11. The van der Waals surface area contributed by atoms with Gasteiger partial charge in [0.1, 0.15) is 0 Å². The number of halogens is 1. The molecule has 2 aliphatic rings. The first-order valence-electron chi connectivity index (χ1n) is 7.88. The number of likely N-dealkylation sites (tertiary alicyclic amines) is 2. The topological polar surface area (TPSA) is 66.6 Å². The van der Waals surface area contributed by atoms with Crippen LogP contribution in [0.25, 0.3) is 0 Å². The van der Waals surface area contributed by atoms with Crippen LogP contribution in [0.4, 0.5) is 0 Å². The zero-order valence-electron chi connectivity index (χ0n) is 12.9. The van der Waals surface area contributed by atoms with Crippen molar-refractivity contribution in [2.24, 2.45) is 17.6 Å². The molecule has 0 spiro atoms. The molecule has 0 aliphatic carbocycles. The van der Waals surface area contributed by atoms with E-state index in [-0.39, 0.29) is 24.2 Å². The van der Waals surface area contributed by atoms with Crippen LogP contribution in [-0.4, -0.2) is 54.3 Å². The van der Waals surface area contributed by atoms with Gasteiger partial charge in [-0.3, -0.25) is 9.59 Å². The summed E-state index contributed by atoms with van der Waals surface area (Å²) < 4.78 is 0. The van der Waals surface area contributed by atoms with Crippen molar-refractivity contribution in [1.29, 1.82) is 0 Å². The molecule has 1 unspecified atom stereocenters. The standard InChI is InChI=1S/C15H27N3O2.ClH/c1-12(10-16)15(20)17-8-5-13(6-9-17)11-18-7-3-2-4-14(18)19;/h12-13H,2-11,16H2,1H3;1H. The first-order chi connectivity index (χ1) is 9.61. The molecule has 2 saturated heterocycles. The molecule has 122 valence electrons. The number of carbonyl (C=O) groups is 2. The lowest BCUT2D eigenvalue weighted by molar-refractivity contribution is -0.138. The van der Waals surface area contributed by atoms with Crippen LogP contribution in [-0.2, 0) is 9.59 Å². The average molecular weight is 318 g/mol. The number of nitrogens with two attached hydrogens (primary N) is 1. The van der Waals surface area contributed by atoms with Gasteiger partial charge in [0.2, 0.25) is 11.8 Å². The van der Waals surface area contributed by atoms with Crippen molar-refractivity contribution in [3.63, 3.8) is 0 Å². The Bertz CT molecular complexity index is 357. The van der Waals surface area contributed by atoms with Gasteiger partial charge in [0, 0.05) is 45.1 Å². The second-order valence-electron chi connectivity index (χ2n) is 6.20. The smallest absolute Gasteiger partial charge is 0.226 e. The largest absolute Gasteiger partial charge is 0.342 e. The molecule has 0 radical (unpaired) electrons. The molecule has 0 saturated carbocycles. The number of hydrogen-bond acceptors (Lipinski definition) is 3. The summed E-state index contributed by atoms with van der Waals surface area (Å²) in [6.07, 6.45) is 4.90. The quantitative estimate of drug-likeness (QED) is 0.848. The van der Waals surface area contributed by atoms with Crippen LogP contribution in [0.15, 0.2) is 0 Å². The Morgan fingerprint density at radius 2 is 1.95 bits per heavy atom. The lowest BCUT2D eigenvalue weighted by Gasteiger charge is -2.36. The van der Waals surface area contributed by atoms with E-state index in [4.69, 9.17) is 5.73 Å². The minimum Gasteiger partial charge on any atom is -0.342 e. The van der Waals surface area contributed by atoms with Gasteiger partial charge < -0.3 is 15.5 Å². The van der Waals surface area contributed by atoms with Gasteiger partial charge in [-0.05, 0) is 31.6 Å². The summed E-state index contributed by atoms with van der Waals surface area (Å²) in [7, 11) is 0. The molecule has 2 rings (SSSR count). The Kier molecular flexibility index (Phi) is 7.46. The third-order valence-electron chi connectivity index (χ3n) is 4.60. The van der Waals surface area contributed by atoms with Gasteiger partial charge in [0.15, 0.2) is 0 Å². The summed E-state index contributed by atoms with van der Waals surface area (Å²) in [5.41, 5.74) is 5.55. The third-order valence-corrected chi connectivity index (χ3v) is 4.60. The predicted octanol–water partition coefficient (Wildman–Crippen LogP) is 1.25. The van der Waals surface area contributed by atoms with E-state index in [9.17, 15) is 9.59 Å². The molecule has 0 aromatic carbocycles. The van der Waals surface area contributed by atoms with Gasteiger partial charge in [-0.15, -0.1) is 12.4 Å². The van der Waals surface area contributed by atoms with Crippen LogP contribution >= 0.6 is 12.4 Å². The summed E-state index contributed by atoms with van der Waals surface area (Å²) in [6.45, 7) is 5.74. The second kappa shape index (κ2) is 8.59. The molecule has 2 amide bonds. The zero-order valence-corrected chi connectivity index (χ0v) is 13.7. The molecular weight excluding hydrogens is 290 g/mol. The molecule has 6 heteroatoms. The van der Waals surface area contributed by atoms with E-state index in [0.29, 0.717) is 24.8 Å². The maximum absolute atomic E-state index is 12.1. The normalized spacial score (nSPS) is 21.9. The highest BCUT2D eigenvalue weighted by Gasteiger charge is 2.28.